The molecule has 0 bridgehead atoms. The van der Waals surface area contributed by atoms with Crippen LogP contribution in [0, 0.1) is 0 Å². The molecule has 5 nitrogen and oxygen atoms in total. The SMILES string of the molecule is CCCN(CC1CCCCN1)S(=O)(=O)N1CCCC1. The lowest BCUT2D eigenvalue weighted by Crippen LogP contribution is -2.50. The third-order valence-corrected chi connectivity index (χ3v) is 6.03. The first-order valence-electron chi connectivity index (χ1n) is 7.63. The minimum atomic E-state index is -3.24. The van der Waals surface area contributed by atoms with Crippen LogP contribution in [-0.4, -0.2) is 55.8 Å². The van der Waals surface area contributed by atoms with Crippen LogP contribution in [0.3, 0.4) is 0 Å². The van der Waals surface area contributed by atoms with Crippen molar-refractivity contribution >= 4 is 10.2 Å². The van der Waals surface area contributed by atoms with E-state index in [1.54, 1.807) is 8.61 Å². The smallest absolute Gasteiger partial charge is 0.282 e. The average Bonchev–Trinajstić information content (AvgIpc) is 2.94. The number of hydrogen-bond donors (Lipinski definition) is 1. The van der Waals surface area contributed by atoms with Gasteiger partial charge < -0.3 is 5.32 Å². The second kappa shape index (κ2) is 7.02. The van der Waals surface area contributed by atoms with Gasteiger partial charge in [-0.25, -0.2) is 0 Å². The van der Waals surface area contributed by atoms with E-state index >= 15 is 0 Å². The summed E-state index contributed by atoms with van der Waals surface area (Å²) in [7, 11) is -3.24. The molecule has 6 heteroatoms. The van der Waals surface area contributed by atoms with Gasteiger partial charge in [-0.05, 0) is 38.6 Å². The Bertz CT molecular complexity index is 360. The molecule has 1 unspecified atom stereocenters. The second-order valence-electron chi connectivity index (χ2n) is 5.62. The highest BCUT2D eigenvalue weighted by Gasteiger charge is 2.32. The summed E-state index contributed by atoms with van der Waals surface area (Å²) in [5.41, 5.74) is 0. The molecule has 0 saturated carbocycles. The zero-order chi connectivity index (χ0) is 13.7. The Morgan fingerprint density at radius 1 is 1.21 bits per heavy atom. The maximum absolute atomic E-state index is 12.6. The Balaban J connectivity index is 2.00. The van der Waals surface area contributed by atoms with E-state index in [0.29, 0.717) is 32.2 Å². The van der Waals surface area contributed by atoms with Gasteiger partial charge in [-0.2, -0.15) is 17.0 Å². The van der Waals surface area contributed by atoms with Crippen molar-refractivity contribution in [3.05, 3.63) is 0 Å². The van der Waals surface area contributed by atoms with E-state index in [4.69, 9.17) is 0 Å². The molecule has 0 radical (unpaired) electrons. The van der Waals surface area contributed by atoms with Crippen LogP contribution in [0.15, 0.2) is 0 Å². The molecule has 2 saturated heterocycles. The fraction of sp³-hybridized carbons (Fsp3) is 1.00. The fourth-order valence-electron chi connectivity index (χ4n) is 2.96. The molecule has 0 amide bonds. The molecule has 2 heterocycles. The van der Waals surface area contributed by atoms with E-state index < -0.39 is 10.2 Å². The maximum atomic E-state index is 12.6. The first-order valence-corrected chi connectivity index (χ1v) is 9.03. The van der Waals surface area contributed by atoms with Crippen LogP contribution >= 0.6 is 0 Å². The van der Waals surface area contributed by atoms with Crippen molar-refractivity contribution in [2.45, 2.75) is 51.5 Å². The van der Waals surface area contributed by atoms with Gasteiger partial charge in [0.15, 0.2) is 0 Å². The second-order valence-corrected chi connectivity index (χ2v) is 7.55. The van der Waals surface area contributed by atoms with Crippen molar-refractivity contribution < 1.29 is 8.42 Å². The molecular formula is C13H27N3O2S. The fourth-order valence-corrected chi connectivity index (χ4v) is 4.79. The van der Waals surface area contributed by atoms with Gasteiger partial charge in [0.25, 0.3) is 10.2 Å². The van der Waals surface area contributed by atoms with E-state index in [2.05, 4.69) is 5.32 Å². The standard InChI is InChI=1S/C13H27N3O2S/c1-2-9-16(12-13-7-3-4-8-14-13)19(17,18)15-10-5-6-11-15/h13-14H,2-12H2,1H3. The van der Waals surface area contributed by atoms with Crippen molar-refractivity contribution in [3.8, 4) is 0 Å². The highest BCUT2D eigenvalue weighted by Crippen LogP contribution is 2.18. The van der Waals surface area contributed by atoms with Gasteiger partial charge in [-0.15, -0.1) is 0 Å². The molecule has 0 aromatic rings. The van der Waals surface area contributed by atoms with E-state index in [1.807, 2.05) is 6.92 Å². The van der Waals surface area contributed by atoms with Crippen molar-refractivity contribution in [1.82, 2.24) is 13.9 Å². The van der Waals surface area contributed by atoms with Crippen LogP contribution in [0.2, 0.25) is 0 Å². The average molecular weight is 289 g/mol. The lowest BCUT2D eigenvalue weighted by molar-refractivity contribution is 0.295. The van der Waals surface area contributed by atoms with Gasteiger partial charge >= 0.3 is 0 Å². The van der Waals surface area contributed by atoms with Crippen molar-refractivity contribution in [3.63, 3.8) is 0 Å². The molecule has 0 aliphatic carbocycles. The molecule has 2 fully saturated rings. The van der Waals surface area contributed by atoms with E-state index in [-0.39, 0.29) is 0 Å². The van der Waals surface area contributed by atoms with Crippen LogP contribution in [0.5, 0.6) is 0 Å². The van der Waals surface area contributed by atoms with Gasteiger partial charge in [0.05, 0.1) is 0 Å². The molecular weight excluding hydrogens is 262 g/mol. The van der Waals surface area contributed by atoms with Gasteiger partial charge in [-0.1, -0.05) is 13.3 Å². The Morgan fingerprint density at radius 2 is 1.95 bits per heavy atom. The predicted octanol–water partition coefficient (Wildman–Crippen LogP) is 1.18. The lowest BCUT2D eigenvalue weighted by atomic mass is 10.1. The summed E-state index contributed by atoms with van der Waals surface area (Å²) in [6.07, 6.45) is 6.39. The zero-order valence-corrected chi connectivity index (χ0v) is 12.8. The molecule has 112 valence electrons. The van der Waals surface area contributed by atoms with Crippen LogP contribution in [0.25, 0.3) is 0 Å². The number of nitrogens with one attached hydrogen (secondary N) is 1. The van der Waals surface area contributed by atoms with Crippen LogP contribution in [0.4, 0.5) is 0 Å². The quantitative estimate of drug-likeness (QED) is 0.799. The minimum Gasteiger partial charge on any atom is -0.313 e. The number of piperidine rings is 1. The first-order chi connectivity index (χ1) is 9.14. The molecule has 2 aliphatic rings. The summed E-state index contributed by atoms with van der Waals surface area (Å²) in [4.78, 5) is 0. The van der Waals surface area contributed by atoms with E-state index in [0.717, 1.165) is 32.2 Å². The Kier molecular flexibility index (Phi) is 5.62. The molecule has 19 heavy (non-hydrogen) atoms. The highest BCUT2D eigenvalue weighted by molar-refractivity contribution is 7.86. The van der Waals surface area contributed by atoms with Gasteiger partial charge in [0, 0.05) is 32.2 Å². The number of hydrogen-bond acceptors (Lipinski definition) is 3. The summed E-state index contributed by atoms with van der Waals surface area (Å²) in [6.45, 7) is 5.72. The third-order valence-electron chi connectivity index (χ3n) is 4.03. The van der Waals surface area contributed by atoms with Crippen molar-refractivity contribution in [2.24, 2.45) is 0 Å². The Morgan fingerprint density at radius 3 is 2.53 bits per heavy atom. The number of nitrogens with zero attached hydrogens (tertiary/aromatic N) is 2. The van der Waals surface area contributed by atoms with Crippen LogP contribution in [-0.2, 0) is 10.2 Å². The molecule has 1 atom stereocenters. The van der Waals surface area contributed by atoms with Crippen molar-refractivity contribution in [2.75, 3.05) is 32.7 Å². The Labute approximate surface area is 117 Å². The topological polar surface area (TPSA) is 52.7 Å². The largest absolute Gasteiger partial charge is 0.313 e. The number of rotatable bonds is 6. The monoisotopic (exact) mass is 289 g/mol. The van der Waals surface area contributed by atoms with Gasteiger partial charge in [-0.3, -0.25) is 0 Å². The van der Waals surface area contributed by atoms with Gasteiger partial charge in [0.1, 0.15) is 0 Å². The summed E-state index contributed by atoms with van der Waals surface area (Å²) >= 11 is 0. The first kappa shape index (κ1) is 15.2. The molecule has 0 spiro atoms. The summed E-state index contributed by atoms with van der Waals surface area (Å²) < 4.78 is 28.6. The molecule has 1 N–H and O–H groups in total. The summed E-state index contributed by atoms with van der Waals surface area (Å²) in [6, 6.07) is 0.331. The van der Waals surface area contributed by atoms with E-state index in [1.165, 1.54) is 12.8 Å². The predicted molar refractivity (Wildman–Crippen MR) is 77.2 cm³/mol. The zero-order valence-electron chi connectivity index (χ0n) is 12.0. The highest BCUT2D eigenvalue weighted by atomic mass is 32.2. The van der Waals surface area contributed by atoms with E-state index in [9.17, 15) is 8.42 Å². The Hall–Kier alpha value is -0.170. The third kappa shape index (κ3) is 3.90. The minimum absolute atomic E-state index is 0.331. The van der Waals surface area contributed by atoms with Crippen LogP contribution < -0.4 is 5.32 Å². The molecule has 0 aromatic carbocycles. The van der Waals surface area contributed by atoms with Crippen LogP contribution in [0.1, 0.15) is 45.4 Å². The summed E-state index contributed by atoms with van der Waals surface area (Å²) in [5, 5.41) is 3.45. The lowest BCUT2D eigenvalue weighted by Gasteiger charge is -2.32. The molecule has 0 aromatic heterocycles. The van der Waals surface area contributed by atoms with Gasteiger partial charge in [0.2, 0.25) is 0 Å². The van der Waals surface area contributed by atoms with Crippen molar-refractivity contribution in [1.29, 1.82) is 0 Å². The summed E-state index contributed by atoms with van der Waals surface area (Å²) in [5.74, 6) is 0. The molecule has 2 aliphatic heterocycles. The molecule has 2 rings (SSSR count). The normalized spacial score (nSPS) is 26.1. The maximum Gasteiger partial charge on any atom is 0.282 e.